The molecule has 1 aliphatic heterocycles. The van der Waals surface area contributed by atoms with Gasteiger partial charge >= 0.3 is 6.03 Å². The summed E-state index contributed by atoms with van der Waals surface area (Å²) < 4.78 is 23.3. The molecule has 0 aromatic heterocycles. The number of hydrogen-bond donors (Lipinski definition) is 3. The van der Waals surface area contributed by atoms with E-state index < -0.39 is 33.5 Å². The van der Waals surface area contributed by atoms with Gasteiger partial charge in [0.05, 0.1) is 4.90 Å². The quantitative estimate of drug-likeness (QED) is 0.641. The standard InChI is InChI=1S/C18H24N4O5S/c1-10-8-13(28(19,26)27)9-14(11(10)2)20-15(23)12(3)22-16(24)18(21-17(22)25)6-4-5-7-18/h8-9,12H,4-7H2,1-3H3,(H,20,23)(H,21,25)(H2,19,26,27). The molecule has 1 aromatic rings. The minimum absolute atomic E-state index is 0.126. The zero-order chi connectivity index (χ0) is 20.9. The number of urea groups is 1. The minimum atomic E-state index is -3.95. The molecule has 1 unspecified atom stereocenters. The number of aryl methyl sites for hydroxylation is 1. The lowest BCUT2D eigenvalue weighted by Gasteiger charge is -2.24. The predicted molar refractivity (Wildman–Crippen MR) is 102 cm³/mol. The van der Waals surface area contributed by atoms with Gasteiger partial charge in [-0.1, -0.05) is 12.8 Å². The van der Waals surface area contributed by atoms with Gasteiger partial charge in [0.15, 0.2) is 0 Å². The molecule has 152 valence electrons. The fourth-order valence-electron chi connectivity index (χ4n) is 3.79. The van der Waals surface area contributed by atoms with Crippen LogP contribution in [0.5, 0.6) is 0 Å². The summed E-state index contributed by atoms with van der Waals surface area (Å²) in [6.07, 6.45) is 2.83. The Morgan fingerprint density at radius 1 is 1.25 bits per heavy atom. The van der Waals surface area contributed by atoms with Gasteiger partial charge in [-0.3, -0.25) is 9.59 Å². The Hall–Kier alpha value is -2.46. The zero-order valence-electron chi connectivity index (χ0n) is 16.0. The lowest BCUT2D eigenvalue weighted by atomic mass is 9.97. The van der Waals surface area contributed by atoms with Crippen LogP contribution in [0.25, 0.3) is 0 Å². The summed E-state index contributed by atoms with van der Waals surface area (Å²) in [5.74, 6) is -0.976. The molecule has 2 aliphatic rings. The van der Waals surface area contributed by atoms with Crippen LogP contribution < -0.4 is 15.8 Å². The average molecular weight is 408 g/mol. The maximum absolute atomic E-state index is 12.8. The number of nitrogens with zero attached hydrogens (tertiary/aromatic N) is 1. The molecule has 2 fully saturated rings. The van der Waals surface area contributed by atoms with Crippen molar-refractivity contribution in [2.24, 2.45) is 5.14 Å². The van der Waals surface area contributed by atoms with Crippen LogP contribution in [0, 0.1) is 13.8 Å². The first-order valence-electron chi connectivity index (χ1n) is 9.07. The molecule has 4 N–H and O–H groups in total. The number of benzene rings is 1. The van der Waals surface area contributed by atoms with E-state index in [0.717, 1.165) is 17.7 Å². The van der Waals surface area contributed by atoms with Crippen LogP contribution in [-0.2, 0) is 19.6 Å². The molecule has 1 aliphatic carbocycles. The number of hydrogen-bond acceptors (Lipinski definition) is 5. The number of rotatable bonds is 4. The van der Waals surface area contributed by atoms with Gasteiger partial charge in [-0.05, 0) is 56.9 Å². The molecule has 1 saturated heterocycles. The van der Waals surface area contributed by atoms with Gasteiger partial charge in [0.2, 0.25) is 15.9 Å². The normalized spacial score (nSPS) is 19.8. The number of carbonyl (C=O) groups is 3. The number of nitrogens with two attached hydrogens (primary N) is 1. The Morgan fingerprint density at radius 3 is 2.43 bits per heavy atom. The van der Waals surface area contributed by atoms with Gasteiger partial charge in [0.25, 0.3) is 5.91 Å². The van der Waals surface area contributed by atoms with Gasteiger partial charge in [0, 0.05) is 5.69 Å². The summed E-state index contributed by atoms with van der Waals surface area (Å²) in [6, 6.07) is 1.06. The maximum Gasteiger partial charge on any atom is 0.325 e. The van der Waals surface area contributed by atoms with E-state index in [2.05, 4.69) is 10.6 Å². The van der Waals surface area contributed by atoms with Crippen molar-refractivity contribution in [1.29, 1.82) is 0 Å². The number of imide groups is 1. The second-order valence-corrected chi connectivity index (χ2v) is 9.08. The van der Waals surface area contributed by atoms with E-state index in [0.29, 0.717) is 24.0 Å². The molecule has 1 atom stereocenters. The summed E-state index contributed by atoms with van der Waals surface area (Å²) in [6.45, 7) is 4.89. The molecule has 1 heterocycles. The second-order valence-electron chi connectivity index (χ2n) is 7.52. The molecule has 1 aromatic carbocycles. The van der Waals surface area contributed by atoms with Crippen molar-refractivity contribution in [1.82, 2.24) is 10.2 Å². The smallest absolute Gasteiger partial charge is 0.324 e. The number of amides is 4. The minimum Gasteiger partial charge on any atom is -0.324 e. The Labute approximate surface area is 163 Å². The molecule has 1 spiro atoms. The first kappa shape index (κ1) is 20.3. The van der Waals surface area contributed by atoms with E-state index in [9.17, 15) is 22.8 Å². The van der Waals surface area contributed by atoms with Crippen molar-refractivity contribution in [2.45, 2.75) is 62.9 Å². The number of anilines is 1. The molecular formula is C18H24N4O5S. The van der Waals surface area contributed by atoms with Gasteiger partial charge in [0.1, 0.15) is 11.6 Å². The lowest BCUT2D eigenvalue weighted by Crippen LogP contribution is -2.48. The lowest BCUT2D eigenvalue weighted by molar-refractivity contribution is -0.136. The average Bonchev–Trinajstić information content (AvgIpc) is 3.15. The van der Waals surface area contributed by atoms with Gasteiger partial charge in [-0.25, -0.2) is 23.3 Å². The highest BCUT2D eigenvalue weighted by molar-refractivity contribution is 7.89. The van der Waals surface area contributed by atoms with Crippen LogP contribution in [0.1, 0.15) is 43.7 Å². The summed E-state index contributed by atoms with van der Waals surface area (Å²) in [7, 11) is -3.95. The molecule has 10 heteroatoms. The SMILES string of the molecule is Cc1cc(S(N)(=O)=O)cc(NC(=O)C(C)N2C(=O)NC3(CCCC3)C2=O)c1C. The highest BCUT2D eigenvalue weighted by Gasteiger charge is 2.54. The van der Waals surface area contributed by atoms with Crippen molar-refractivity contribution in [3.63, 3.8) is 0 Å². The second kappa shape index (κ2) is 6.85. The van der Waals surface area contributed by atoms with Crippen molar-refractivity contribution >= 4 is 33.6 Å². The number of carbonyl (C=O) groups excluding carboxylic acids is 3. The van der Waals surface area contributed by atoms with E-state index in [1.165, 1.54) is 19.1 Å². The summed E-state index contributed by atoms with van der Waals surface area (Å²) in [5.41, 5.74) is 0.668. The van der Waals surface area contributed by atoms with Crippen molar-refractivity contribution in [2.75, 3.05) is 5.32 Å². The van der Waals surface area contributed by atoms with Crippen LogP contribution >= 0.6 is 0 Å². The number of primary sulfonamides is 1. The van der Waals surface area contributed by atoms with Crippen LogP contribution in [0.3, 0.4) is 0 Å². The van der Waals surface area contributed by atoms with Crippen LogP contribution in [0.15, 0.2) is 17.0 Å². The Balaban J connectivity index is 1.85. The molecule has 3 rings (SSSR count). The third-order valence-corrected chi connectivity index (χ3v) is 6.54. The highest BCUT2D eigenvalue weighted by atomic mass is 32.2. The van der Waals surface area contributed by atoms with E-state index in [1.54, 1.807) is 13.8 Å². The highest BCUT2D eigenvalue weighted by Crippen LogP contribution is 2.36. The van der Waals surface area contributed by atoms with E-state index in [1.807, 2.05) is 0 Å². The number of sulfonamides is 1. The van der Waals surface area contributed by atoms with Crippen LogP contribution in [0.2, 0.25) is 0 Å². The topological polar surface area (TPSA) is 139 Å². The van der Waals surface area contributed by atoms with Crippen molar-refractivity contribution < 1.29 is 22.8 Å². The number of nitrogens with one attached hydrogen (secondary N) is 2. The fourth-order valence-corrected chi connectivity index (χ4v) is 4.41. The fraction of sp³-hybridized carbons (Fsp3) is 0.500. The third kappa shape index (κ3) is 3.37. The summed E-state index contributed by atoms with van der Waals surface area (Å²) in [5, 5.41) is 10.6. The predicted octanol–water partition coefficient (Wildman–Crippen LogP) is 1.14. The van der Waals surface area contributed by atoms with E-state index in [-0.39, 0.29) is 16.5 Å². The Morgan fingerprint density at radius 2 is 1.86 bits per heavy atom. The zero-order valence-corrected chi connectivity index (χ0v) is 16.9. The van der Waals surface area contributed by atoms with Crippen molar-refractivity contribution in [3.05, 3.63) is 23.3 Å². The molecule has 1 saturated carbocycles. The molecule has 28 heavy (non-hydrogen) atoms. The Kier molecular flexibility index (Phi) is 4.96. The van der Waals surface area contributed by atoms with E-state index in [4.69, 9.17) is 5.14 Å². The molecule has 4 amide bonds. The molecule has 0 radical (unpaired) electrons. The molecular weight excluding hydrogens is 384 g/mol. The summed E-state index contributed by atoms with van der Waals surface area (Å²) in [4.78, 5) is 38.8. The first-order chi connectivity index (χ1) is 13.0. The first-order valence-corrected chi connectivity index (χ1v) is 10.6. The maximum atomic E-state index is 12.8. The van der Waals surface area contributed by atoms with Crippen LogP contribution in [0.4, 0.5) is 10.5 Å². The van der Waals surface area contributed by atoms with E-state index >= 15 is 0 Å². The van der Waals surface area contributed by atoms with Crippen molar-refractivity contribution in [3.8, 4) is 0 Å². The Bertz CT molecular complexity index is 966. The van der Waals surface area contributed by atoms with Crippen LogP contribution in [-0.4, -0.2) is 42.7 Å². The monoisotopic (exact) mass is 408 g/mol. The molecule has 9 nitrogen and oxygen atoms in total. The third-order valence-electron chi connectivity index (χ3n) is 5.64. The largest absolute Gasteiger partial charge is 0.325 e. The van der Waals surface area contributed by atoms with Gasteiger partial charge in [-0.15, -0.1) is 0 Å². The van der Waals surface area contributed by atoms with Gasteiger partial charge < -0.3 is 10.6 Å². The summed E-state index contributed by atoms with van der Waals surface area (Å²) >= 11 is 0. The van der Waals surface area contributed by atoms with Gasteiger partial charge in [-0.2, -0.15) is 0 Å². The molecule has 0 bridgehead atoms.